The summed E-state index contributed by atoms with van der Waals surface area (Å²) in [5.74, 6) is -0.670. The van der Waals surface area contributed by atoms with Crippen LogP contribution in [0.3, 0.4) is 0 Å². The van der Waals surface area contributed by atoms with Gasteiger partial charge >= 0.3 is 5.97 Å². The van der Waals surface area contributed by atoms with Crippen LogP contribution >= 0.6 is 0 Å². The predicted octanol–water partition coefficient (Wildman–Crippen LogP) is 5.88. The van der Waals surface area contributed by atoms with Crippen LogP contribution in [0.4, 0.5) is 0 Å². The quantitative estimate of drug-likeness (QED) is 0.318. The minimum absolute atomic E-state index is 0.325. The molecule has 0 bridgehead atoms. The fourth-order valence-electron chi connectivity index (χ4n) is 2.05. The van der Waals surface area contributed by atoms with Crippen LogP contribution in [0.15, 0.2) is 24.3 Å². The predicted molar refractivity (Wildman–Crippen MR) is 87.0 cm³/mol. The topological polar surface area (TPSA) is 37.3 Å². The van der Waals surface area contributed by atoms with Crippen molar-refractivity contribution in [2.24, 2.45) is 0 Å². The number of carbonyl (C=O) groups is 1. The van der Waals surface area contributed by atoms with E-state index in [0.717, 1.165) is 25.7 Å². The maximum absolute atomic E-state index is 10.3. The van der Waals surface area contributed by atoms with Gasteiger partial charge in [0, 0.05) is 6.42 Å². The van der Waals surface area contributed by atoms with E-state index in [1.807, 2.05) is 0 Å². The maximum atomic E-state index is 10.3. The lowest BCUT2D eigenvalue weighted by atomic mass is 10.1. The van der Waals surface area contributed by atoms with Gasteiger partial charge in [0.25, 0.3) is 0 Å². The fraction of sp³-hybridized carbons (Fsp3) is 0.722. The molecule has 0 radical (unpaired) electrons. The van der Waals surface area contributed by atoms with Crippen LogP contribution < -0.4 is 0 Å². The van der Waals surface area contributed by atoms with Crippen LogP contribution in [0, 0.1) is 0 Å². The van der Waals surface area contributed by atoms with Gasteiger partial charge < -0.3 is 5.11 Å². The molecule has 0 aromatic carbocycles. The Morgan fingerprint density at radius 1 is 0.750 bits per heavy atom. The van der Waals surface area contributed by atoms with Crippen molar-refractivity contribution in [2.75, 3.05) is 0 Å². The first-order valence-electron chi connectivity index (χ1n) is 8.29. The molecule has 20 heavy (non-hydrogen) atoms. The standard InChI is InChI=1S/C18H32O2/c1-2-3-4-5-6-7-8-9-10-11-12-13-14-15-16-17-18(19)20/h5-6,9-10H,2-4,7-8,11-17H2,1H3,(H,19,20). The molecule has 0 aromatic heterocycles. The van der Waals surface area contributed by atoms with Gasteiger partial charge in [0.15, 0.2) is 0 Å². The minimum atomic E-state index is -0.670. The second-order valence-corrected chi connectivity index (χ2v) is 5.36. The van der Waals surface area contributed by atoms with E-state index in [9.17, 15) is 4.79 Å². The molecule has 0 amide bonds. The molecule has 0 unspecified atom stereocenters. The van der Waals surface area contributed by atoms with Crippen LogP contribution in [0.1, 0.15) is 84.0 Å². The van der Waals surface area contributed by atoms with E-state index in [1.165, 1.54) is 44.9 Å². The second kappa shape index (κ2) is 16.0. The Kier molecular flexibility index (Phi) is 15.2. The van der Waals surface area contributed by atoms with Crippen molar-refractivity contribution >= 4 is 5.97 Å². The third kappa shape index (κ3) is 16.9. The average Bonchev–Trinajstić information content (AvgIpc) is 2.43. The van der Waals surface area contributed by atoms with Gasteiger partial charge in [0.2, 0.25) is 0 Å². The smallest absolute Gasteiger partial charge is 0.303 e. The van der Waals surface area contributed by atoms with E-state index in [4.69, 9.17) is 5.11 Å². The van der Waals surface area contributed by atoms with Gasteiger partial charge in [-0.3, -0.25) is 4.79 Å². The molecule has 0 heterocycles. The highest BCUT2D eigenvalue weighted by molar-refractivity contribution is 5.66. The van der Waals surface area contributed by atoms with Crippen molar-refractivity contribution in [3.8, 4) is 0 Å². The first kappa shape index (κ1) is 18.9. The first-order chi connectivity index (χ1) is 9.77. The molecule has 0 saturated heterocycles. The molecule has 0 saturated carbocycles. The second-order valence-electron chi connectivity index (χ2n) is 5.36. The summed E-state index contributed by atoms with van der Waals surface area (Å²) in [6.45, 7) is 2.22. The zero-order valence-corrected chi connectivity index (χ0v) is 13.2. The summed E-state index contributed by atoms with van der Waals surface area (Å²) in [4.78, 5) is 10.3. The van der Waals surface area contributed by atoms with Crippen LogP contribution in [0.5, 0.6) is 0 Å². The Morgan fingerprint density at radius 3 is 1.85 bits per heavy atom. The largest absolute Gasteiger partial charge is 0.481 e. The van der Waals surface area contributed by atoms with Gasteiger partial charge in [-0.1, -0.05) is 63.3 Å². The molecule has 0 atom stereocenters. The molecule has 0 rings (SSSR count). The summed E-state index contributed by atoms with van der Waals surface area (Å²) in [5.41, 5.74) is 0. The highest BCUT2D eigenvalue weighted by Gasteiger charge is 1.95. The van der Waals surface area contributed by atoms with Gasteiger partial charge in [-0.2, -0.15) is 0 Å². The highest BCUT2D eigenvalue weighted by Crippen LogP contribution is 2.08. The summed E-state index contributed by atoms with van der Waals surface area (Å²) in [5, 5.41) is 8.50. The number of carboxylic acids is 1. The summed E-state index contributed by atoms with van der Waals surface area (Å²) in [6.07, 6.45) is 22.3. The SMILES string of the molecule is CCCCC=CCCC=CCCCCCCCC(=O)O. The van der Waals surface area contributed by atoms with E-state index in [-0.39, 0.29) is 0 Å². The van der Waals surface area contributed by atoms with Gasteiger partial charge in [0.05, 0.1) is 0 Å². The number of rotatable bonds is 14. The maximum Gasteiger partial charge on any atom is 0.303 e. The first-order valence-corrected chi connectivity index (χ1v) is 8.29. The normalized spacial score (nSPS) is 11.7. The summed E-state index contributed by atoms with van der Waals surface area (Å²) in [6, 6.07) is 0. The number of carboxylic acid groups (broad SMARTS) is 1. The zero-order chi connectivity index (χ0) is 14.9. The minimum Gasteiger partial charge on any atom is -0.481 e. The van der Waals surface area contributed by atoms with E-state index < -0.39 is 5.97 Å². The number of unbranched alkanes of at least 4 members (excludes halogenated alkanes) is 8. The van der Waals surface area contributed by atoms with E-state index in [1.54, 1.807) is 0 Å². The van der Waals surface area contributed by atoms with Gasteiger partial charge in [-0.05, 0) is 38.5 Å². The number of hydrogen-bond acceptors (Lipinski definition) is 1. The van der Waals surface area contributed by atoms with Gasteiger partial charge in [-0.25, -0.2) is 0 Å². The zero-order valence-electron chi connectivity index (χ0n) is 13.2. The van der Waals surface area contributed by atoms with Crippen molar-refractivity contribution in [2.45, 2.75) is 84.0 Å². The Bertz CT molecular complexity index is 267. The van der Waals surface area contributed by atoms with Crippen LogP contribution in [0.2, 0.25) is 0 Å². The Balaban J connectivity index is 3.16. The molecule has 0 aliphatic heterocycles. The lowest BCUT2D eigenvalue weighted by Crippen LogP contribution is -1.93. The average molecular weight is 280 g/mol. The van der Waals surface area contributed by atoms with Gasteiger partial charge in [0.1, 0.15) is 0 Å². The molecule has 0 aromatic rings. The van der Waals surface area contributed by atoms with Crippen LogP contribution in [0.25, 0.3) is 0 Å². The molecule has 2 nitrogen and oxygen atoms in total. The molecule has 2 heteroatoms. The molecule has 0 fully saturated rings. The van der Waals surface area contributed by atoms with Crippen LogP contribution in [-0.2, 0) is 4.79 Å². The third-order valence-corrected chi connectivity index (χ3v) is 3.32. The molecule has 0 aliphatic rings. The fourth-order valence-corrected chi connectivity index (χ4v) is 2.05. The summed E-state index contributed by atoms with van der Waals surface area (Å²) in [7, 11) is 0. The number of aliphatic carboxylic acids is 1. The van der Waals surface area contributed by atoms with Crippen LogP contribution in [-0.4, -0.2) is 11.1 Å². The van der Waals surface area contributed by atoms with Crippen molar-refractivity contribution in [3.05, 3.63) is 24.3 Å². The lowest BCUT2D eigenvalue weighted by molar-refractivity contribution is -0.137. The monoisotopic (exact) mass is 280 g/mol. The Morgan fingerprint density at radius 2 is 1.25 bits per heavy atom. The molecule has 1 N–H and O–H groups in total. The Labute approximate surface area is 125 Å². The van der Waals surface area contributed by atoms with Crippen molar-refractivity contribution in [3.63, 3.8) is 0 Å². The van der Waals surface area contributed by atoms with Crippen molar-refractivity contribution in [1.82, 2.24) is 0 Å². The van der Waals surface area contributed by atoms with E-state index in [2.05, 4.69) is 31.2 Å². The third-order valence-electron chi connectivity index (χ3n) is 3.32. The number of allylic oxidation sites excluding steroid dienone is 4. The molecular weight excluding hydrogens is 248 g/mol. The van der Waals surface area contributed by atoms with E-state index >= 15 is 0 Å². The van der Waals surface area contributed by atoms with E-state index in [0.29, 0.717) is 6.42 Å². The lowest BCUT2D eigenvalue weighted by Gasteiger charge is -1.98. The Hall–Kier alpha value is -1.05. The molecular formula is C18H32O2. The summed E-state index contributed by atoms with van der Waals surface area (Å²) >= 11 is 0. The van der Waals surface area contributed by atoms with Crippen molar-refractivity contribution < 1.29 is 9.90 Å². The van der Waals surface area contributed by atoms with Crippen molar-refractivity contribution in [1.29, 1.82) is 0 Å². The molecule has 0 spiro atoms. The van der Waals surface area contributed by atoms with Gasteiger partial charge in [-0.15, -0.1) is 0 Å². The molecule has 116 valence electrons. The summed E-state index contributed by atoms with van der Waals surface area (Å²) < 4.78 is 0. The molecule has 0 aliphatic carbocycles. The highest BCUT2D eigenvalue weighted by atomic mass is 16.4. The number of hydrogen-bond donors (Lipinski definition) is 1.